The van der Waals surface area contributed by atoms with Crippen LogP contribution >= 0.6 is 0 Å². The lowest BCUT2D eigenvalue weighted by molar-refractivity contribution is -0.122. The molecule has 0 aliphatic heterocycles. The molecule has 1 heterocycles. The molecule has 0 aliphatic carbocycles. The Bertz CT molecular complexity index is 488. The maximum absolute atomic E-state index is 11.8. The summed E-state index contributed by atoms with van der Waals surface area (Å²) in [4.78, 5) is 29.1. The van der Waals surface area contributed by atoms with Gasteiger partial charge in [0.2, 0.25) is 11.8 Å². The largest absolute Gasteiger partial charge is 0.352 e. The van der Waals surface area contributed by atoms with Crippen molar-refractivity contribution >= 4 is 17.6 Å². The summed E-state index contributed by atoms with van der Waals surface area (Å²) in [6.07, 6.45) is 1.61. The third-order valence-electron chi connectivity index (χ3n) is 2.43. The number of amides is 2. The Morgan fingerprint density at radius 2 is 2.05 bits per heavy atom. The fraction of sp³-hybridized carbons (Fsp3) is 0.357. The smallest absolute Gasteiger partial charge is 0.239 e. The van der Waals surface area contributed by atoms with E-state index in [1.165, 1.54) is 0 Å². The van der Waals surface area contributed by atoms with Gasteiger partial charge < -0.3 is 10.6 Å². The summed E-state index contributed by atoms with van der Waals surface area (Å²) in [6, 6.07) is 5.40. The molecule has 0 aliphatic rings. The number of nitrogens with one attached hydrogen (secondary N) is 2. The fourth-order valence-corrected chi connectivity index (χ4v) is 1.58. The lowest BCUT2D eigenvalue weighted by Gasteiger charge is -2.15. The second-order valence-electron chi connectivity index (χ2n) is 4.48. The van der Waals surface area contributed by atoms with Crippen molar-refractivity contribution in [2.45, 2.75) is 6.92 Å². The van der Waals surface area contributed by atoms with E-state index >= 15 is 0 Å². The molecule has 20 heavy (non-hydrogen) atoms. The molecule has 1 aromatic rings. The van der Waals surface area contributed by atoms with Crippen LogP contribution in [0.2, 0.25) is 0 Å². The summed E-state index contributed by atoms with van der Waals surface area (Å²) in [5, 5.41) is 5.34. The minimum atomic E-state index is -0.206. The fourth-order valence-electron chi connectivity index (χ4n) is 1.58. The minimum absolute atomic E-state index is 0.122. The van der Waals surface area contributed by atoms with Gasteiger partial charge in [-0.25, -0.2) is 4.98 Å². The molecule has 6 heteroatoms. The van der Waals surface area contributed by atoms with Crippen LogP contribution in [-0.4, -0.2) is 48.4 Å². The lowest BCUT2D eigenvalue weighted by atomic mass is 10.3. The topological polar surface area (TPSA) is 74.3 Å². The Labute approximate surface area is 118 Å². The van der Waals surface area contributed by atoms with Gasteiger partial charge in [-0.3, -0.25) is 14.5 Å². The molecule has 1 aromatic heterocycles. The predicted molar refractivity (Wildman–Crippen MR) is 78.3 cm³/mol. The van der Waals surface area contributed by atoms with Gasteiger partial charge >= 0.3 is 0 Å². The van der Waals surface area contributed by atoms with Crippen molar-refractivity contribution in [1.29, 1.82) is 0 Å². The second kappa shape index (κ2) is 8.06. The van der Waals surface area contributed by atoms with E-state index < -0.39 is 0 Å². The average molecular weight is 276 g/mol. The molecule has 0 radical (unpaired) electrons. The quantitative estimate of drug-likeness (QED) is 0.714. The second-order valence-corrected chi connectivity index (χ2v) is 4.48. The first-order valence-electron chi connectivity index (χ1n) is 6.31. The first-order valence-corrected chi connectivity index (χ1v) is 6.31. The highest BCUT2D eigenvalue weighted by molar-refractivity contribution is 5.91. The summed E-state index contributed by atoms with van der Waals surface area (Å²) < 4.78 is 0. The van der Waals surface area contributed by atoms with Crippen molar-refractivity contribution in [3.8, 4) is 0 Å². The van der Waals surface area contributed by atoms with Crippen LogP contribution in [0.5, 0.6) is 0 Å². The standard InChI is InChI=1S/C14H20N4O2/c1-4-8-15-13(19)9-18(3)10-14(20)17-12-7-5-6-11(2)16-12/h4-7H,1,8-10H2,2-3H3,(H,15,19)(H,16,17,20). The van der Waals surface area contributed by atoms with E-state index in [4.69, 9.17) is 0 Å². The molecule has 6 nitrogen and oxygen atoms in total. The maximum atomic E-state index is 11.8. The van der Waals surface area contributed by atoms with Crippen molar-refractivity contribution in [1.82, 2.24) is 15.2 Å². The monoisotopic (exact) mass is 276 g/mol. The van der Waals surface area contributed by atoms with E-state index in [9.17, 15) is 9.59 Å². The number of anilines is 1. The SMILES string of the molecule is C=CCNC(=O)CN(C)CC(=O)Nc1cccc(C)n1. The van der Waals surface area contributed by atoms with E-state index in [-0.39, 0.29) is 24.9 Å². The molecule has 0 atom stereocenters. The molecule has 2 amide bonds. The number of aryl methyl sites for hydroxylation is 1. The van der Waals surface area contributed by atoms with Crippen molar-refractivity contribution < 1.29 is 9.59 Å². The maximum Gasteiger partial charge on any atom is 0.239 e. The van der Waals surface area contributed by atoms with Gasteiger partial charge in [0.15, 0.2) is 0 Å². The molecule has 0 saturated carbocycles. The number of hydrogen-bond acceptors (Lipinski definition) is 4. The van der Waals surface area contributed by atoms with E-state index in [0.717, 1.165) is 5.69 Å². The Hall–Kier alpha value is -2.21. The molecular weight excluding hydrogens is 256 g/mol. The van der Waals surface area contributed by atoms with Crippen LogP contribution in [0.3, 0.4) is 0 Å². The third kappa shape index (κ3) is 6.10. The zero-order valence-electron chi connectivity index (χ0n) is 11.8. The van der Waals surface area contributed by atoms with Gasteiger partial charge in [-0.05, 0) is 26.1 Å². The number of carbonyl (C=O) groups is 2. The first kappa shape index (κ1) is 15.8. The number of rotatable bonds is 7. The molecule has 1 rings (SSSR count). The van der Waals surface area contributed by atoms with Crippen molar-refractivity contribution in [3.05, 3.63) is 36.5 Å². The summed E-state index contributed by atoms with van der Waals surface area (Å²) in [7, 11) is 1.71. The summed E-state index contributed by atoms with van der Waals surface area (Å²) in [5.74, 6) is 0.163. The lowest BCUT2D eigenvalue weighted by Crippen LogP contribution is -2.39. The highest BCUT2D eigenvalue weighted by Gasteiger charge is 2.10. The minimum Gasteiger partial charge on any atom is -0.352 e. The van der Waals surface area contributed by atoms with Gasteiger partial charge in [-0.2, -0.15) is 0 Å². The van der Waals surface area contributed by atoms with Crippen LogP contribution in [-0.2, 0) is 9.59 Å². The summed E-state index contributed by atoms with van der Waals surface area (Å²) in [5.41, 5.74) is 0.833. The molecule has 0 fully saturated rings. The van der Waals surface area contributed by atoms with E-state index in [1.54, 1.807) is 24.1 Å². The Kier molecular flexibility index (Phi) is 6.39. The number of hydrogen-bond donors (Lipinski definition) is 2. The van der Waals surface area contributed by atoms with Crippen molar-refractivity contribution in [2.75, 3.05) is 32.0 Å². The first-order chi connectivity index (χ1) is 9.51. The molecule has 0 spiro atoms. The molecule has 0 saturated heterocycles. The highest BCUT2D eigenvalue weighted by Crippen LogP contribution is 2.03. The number of pyridine rings is 1. The molecular formula is C14H20N4O2. The van der Waals surface area contributed by atoms with E-state index in [1.807, 2.05) is 19.1 Å². The third-order valence-corrected chi connectivity index (χ3v) is 2.43. The average Bonchev–Trinajstić information content (AvgIpc) is 2.35. The molecule has 0 unspecified atom stereocenters. The number of carbonyl (C=O) groups excluding carboxylic acids is 2. The van der Waals surface area contributed by atoms with Gasteiger partial charge in [0.05, 0.1) is 13.1 Å². The molecule has 0 aromatic carbocycles. The molecule has 108 valence electrons. The zero-order chi connectivity index (χ0) is 15.0. The van der Waals surface area contributed by atoms with Gasteiger partial charge in [-0.15, -0.1) is 6.58 Å². The van der Waals surface area contributed by atoms with Gasteiger partial charge in [-0.1, -0.05) is 12.1 Å². The van der Waals surface area contributed by atoms with Gasteiger partial charge in [0, 0.05) is 12.2 Å². The zero-order valence-corrected chi connectivity index (χ0v) is 11.8. The van der Waals surface area contributed by atoms with Crippen LogP contribution in [0, 0.1) is 6.92 Å². The van der Waals surface area contributed by atoms with Gasteiger partial charge in [0.25, 0.3) is 0 Å². The van der Waals surface area contributed by atoms with Crippen LogP contribution in [0.25, 0.3) is 0 Å². The van der Waals surface area contributed by atoms with Crippen LogP contribution in [0.4, 0.5) is 5.82 Å². The molecule has 2 N–H and O–H groups in total. The normalized spacial score (nSPS) is 10.2. The van der Waals surface area contributed by atoms with E-state index in [0.29, 0.717) is 12.4 Å². The Balaban J connectivity index is 2.38. The molecule has 0 bridgehead atoms. The van der Waals surface area contributed by atoms with Gasteiger partial charge in [0.1, 0.15) is 5.82 Å². The van der Waals surface area contributed by atoms with Crippen LogP contribution in [0.1, 0.15) is 5.69 Å². The Morgan fingerprint density at radius 3 is 2.70 bits per heavy atom. The number of likely N-dealkylation sites (N-methyl/N-ethyl adjacent to an activating group) is 1. The van der Waals surface area contributed by atoms with Crippen LogP contribution in [0.15, 0.2) is 30.9 Å². The highest BCUT2D eigenvalue weighted by atomic mass is 16.2. The summed E-state index contributed by atoms with van der Waals surface area (Å²) in [6.45, 7) is 6.07. The van der Waals surface area contributed by atoms with Crippen molar-refractivity contribution in [3.63, 3.8) is 0 Å². The number of nitrogens with zero attached hydrogens (tertiary/aromatic N) is 2. The van der Waals surface area contributed by atoms with Crippen LogP contribution < -0.4 is 10.6 Å². The number of aromatic nitrogens is 1. The van der Waals surface area contributed by atoms with E-state index in [2.05, 4.69) is 22.2 Å². The van der Waals surface area contributed by atoms with Crippen molar-refractivity contribution in [2.24, 2.45) is 0 Å². The predicted octanol–water partition coefficient (Wildman–Crippen LogP) is 0.563. The summed E-state index contributed by atoms with van der Waals surface area (Å²) >= 11 is 0. The Morgan fingerprint density at radius 1 is 1.35 bits per heavy atom.